The summed E-state index contributed by atoms with van der Waals surface area (Å²) >= 11 is 1.09. The number of amides is 1. The van der Waals surface area contributed by atoms with E-state index in [2.05, 4.69) is 8.73 Å². The van der Waals surface area contributed by atoms with Crippen molar-refractivity contribution in [2.24, 2.45) is 8.73 Å². The number of nitrogens with zero attached hydrogens (tertiary/aromatic N) is 3. The second-order valence-corrected chi connectivity index (χ2v) is 4.99. The average Bonchev–Trinajstić information content (AvgIpc) is 3.05. The van der Waals surface area contributed by atoms with Crippen molar-refractivity contribution in [1.82, 2.24) is 4.90 Å². The first-order chi connectivity index (χ1) is 9.16. The van der Waals surface area contributed by atoms with Crippen LogP contribution in [0.2, 0.25) is 0 Å². The van der Waals surface area contributed by atoms with Crippen LogP contribution < -0.4 is 0 Å². The molecule has 1 amide bonds. The van der Waals surface area contributed by atoms with Gasteiger partial charge in [0, 0.05) is 12.1 Å². The summed E-state index contributed by atoms with van der Waals surface area (Å²) in [4.78, 5) is 24.9. The van der Waals surface area contributed by atoms with Gasteiger partial charge in [-0.15, -0.1) is 0 Å². The standard InChI is InChI=1S/C12H11N3O3S/c16-11(15-5-1-2-10(15)12(17)18)7-3-4-8-9(6-7)14-19-13-8/h3-4,6,10H,1-2,5H2,(H,17,18). The van der Waals surface area contributed by atoms with Gasteiger partial charge in [0.1, 0.15) is 17.4 Å². The third-order valence-corrected chi connectivity index (χ3v) is 3.86. The van der Waals surface area contributed by atoms with E-state index >= 15 is 0 Å². The largest absolute Gasteiger partial charge is 0.480 e. The lowest BCUT2D eigenvalue weighted by molar-refractivity contribution is -0.141. The van der Waals surface area contributed by atoms with Crippen molar-refractivity contribution < 1.29 is 14.7 Å². The van der Waals surface area contributed by atoms with E-state index in [0.717, 1.165) is 23.5 Å². The maximum atomic E-state index is 12.3. The van der Waals surface area contributed by atoms with E-state index in [4.69, 9.17) is 5.11 Å². The lowest BCUT2D eigenvalue weighted by Gasteiger charge is -2.21. The zero-order valence-electron chi connectivity index (χ0n) is 9.94. The zero-order chi connectivity index (χ0) is 13.4. The summed E-state index contributed by atoms with van der Waals surface area (Å²) in [7, 11) is 0. The molecule has 0 bridgehead atoms. The van der Waals surface area contributed by atoms with Crippen LogP contribution in [0.15, 0.2) is 26.9 Å². The molecule has 0 aliphatic carbocycles. The third-order valence-electron chi connectivity index (χ3n) is 3.30. The number of carboxylic acid groups (broad SMARTS) is 1. The topological polar surface area (TPSA) is 82.3 Å². The summed E-state index contributed by atoms with van der Waals surface area (Å²) in [6.45, 7) is 0.489. The minimum absolute atomic E-state index is 0.250. The minimum atomic E-state index is -0.942. The smallest absolute Gasteiger partial charge is 0.326 e. The molecule has 7 heteroatoms. The molecule has 2 aliphatic heterocycles. The van der Waals surface area contributed by atoms with Gasteiger partial charge >= 0.3 is 5.97 Å². The highest BCUT2D eigenvalue weighted by molar-refractivity contribution is 7.58. The first-order valence-electron chi connectivity index (χ1n) is 5.93. The van der Waals surface area contributed by atoms with E-state index in [1.54, 1.807) is 18.2 Å². The van der Waals surface area contributed by atoms with Crippen molar-refractivity contribution >= 4 is 34.6 Å². The second-order valence-electron chi connectivity index (χ2n) is 4.46. The third kappa shape index (κ3) is 2.06. The molecule has 6 nitrogen and oxygen atoms in total. The molecule has 1 aromatic rings. The zero-order valence-corrected chi connectivity index (χ0v) is 10.8. The van der Waals surface area contributed by atoms with Crippen molar-refractivity contribution in [3.8, 4) is 0 Å². The van der Waals surface area contributed by atoms with Gasteiger partial charge in [0.2, 0.25) is 0 Å². The number of carbonyl (C=O) groups is 2. The summed E-state index contributed by atoms with van der Waals surface area (Å²) in [5, 5.41) is 9.10. The van der Waals surface area contributed by atoms with Crippen LogP contribution in [0.1, 0.15) is 23.2 Å². The Bertz CT molecular complexity index is 637. The molecular weight excluding hydrogens is 266 g/mol. The van der Waals surface area contributed by atoms with Crippen LogP contribution in [0.4, 0.5) is 11.4 Å². The van der Waals surface area contributed by atoms with Crippen LogP contribution in [-0.2, 0) is 16.1 Å². The van der Waals surface area contributed by atoms with Crippen LogP contribution in [0.3, 0.4) is 0 Å². The highest BCUT2D eigenvalue weighted by Gasteiger charge is 2.34. The molecule has 1 unspecified atom stereocenters. The molecule has 0 spiro atoms. The highest BCUT2D eigenvalue weighted by Crippen LogP contribution is 2.33. The Morgan fingerprint density at radius 3 is 2.89 bits per heavy atom. The van der Waals surface area contributed by atoms with Gasteiger partial charge < -0.3 is 10.0 Å². The van der Waals surface area contributed by atoms with Crippen molar-refractivity contribution in [3.63, 3.8) is 0 Å². The van der Waals surface area contributed by atoms with Gasteiger partial charge in [-0.3, -0.25) is 4.79 Å². The van der Waals surface area contributed by atoms with Gasteiger partial charge in [0.15, 0.2) is 0 Å². The Kier molecular flexibility index (Phi) is 2.90. The van der Waals surface area contributed by atoms with Gasteiger partial charge in [-0.05, 0) is 31.0 Å². The lowest BCUT2D eigenvalue weighted by Crippen LogP contribution is -2.40. The molecule has 0 radical (unpaired) electrons. The van der Waals surface area contributed by atoms with E-state index in [-0.39, 0.29) is 5.91 Å². The highest BCUT2D eigenvalue weighted by atomic mass is 32.1. The summed E-state index contributed by atoms with van der Waals surface area (Å²) in [6.07, 6.45) is 1.24. The predicted octanol–water partition coefficient (Wildman–Crippen LogP) is 2.10. The normalized spacial score (nSPS) is 20.2. The van der Waals surface area contributed by atoms with E-state index in [1.807, 2.05) is 0 Å². The van der Waals surface area contributed by atoms with Crippen LogP contribution in [0.5, 0.6) is 0 Å². The molecule has 3 rings (SSSR count). The van der Waals surface area contributed by atoms with Gasteiger partial charge in [0.25, 0.3) is 5.91 Å². The minimum Gasteiger partial charge on any atom is -0.480 e. The van der Waals surface area contributed by atoms with Crippen molar-refractivity contribution in [1.29, 1.82) is 0 Å². The Balaban J connectivity index is 1.88. The van der Waals surface area contributed by atoms with Crippen molar-refractivity contribution in [3.05, 3.63) is 23.8 Å². The fourth-order valence-electron chi connectivity index (χ4n) is 2.35. The van der Waals surface area contributed by atoms with Crippen molar-refractivity contribution in [2.75, 3.05) is 6.54 Å². The monoisotopic (exact) mass is 277 g/mol. The molecule has 1 saturated heterocycles. The summed E-state index contributed by atoms with van der Waals surface area (Å²) in [6, 6.07) is 4.36. The van der Waals surface area contributed by atoms with Crippen LogP contribution in [0, 0.1) is 0 Å². The number of fused-ring (bicyclic) bond motifs is 1. The van der Waals surface area contributed by atoms with E-state index in [0.29, 0.717) is 24.2 Å². The SMILES string of the molecule is O=C(O)C1CCCN1C(=O)c1ccc2c(c1)N=S=N2. The first-order valence-corrected chi connectivity index (χ1v) is 6.66. The Hall–Kier alpha value is -2.02. The van der Waals surface area contributed by atoms with Crippen LogP contribution in [0.25, 0.3) is 0 Å². The number of benzene rings is 1. The van der Waals surface area contributed by atoms with Gasteiger partial charge in [0.05, 0.1) is 11.4 Å². The van der Waals surface area contributed by atoms with Crippen molar-refractivity contribution in [2.45, 2.75) is 18.9 Å². The fourth-order valence-corrected chi connectivity index (χ4v) is 2.86. The molecule has 1 atom stereocenters. The number of hydrogen-bond donors (Lipinski definition) is 1. The Morgan fingerprint density at radius 2 is 2.11 bits per heavy atom. The Morgan fingerprint density at radius 1 is 1.32 bits per heavy atom. The number of likely N-dealkylation sites (tertiary alicyclic amines) is 1. The number of hydrogen-bond acceptors (Lipinski definition) is 4. The average molecular weight is 277 g/mol. The molecule has 2 aliphatic rings. The molecule has 1 fully saturated rings. The van der Waals surface area contributed by atoms with E-state index < -0.39 is 12.0 Å². The molecule has 19 heavy (non-hydrogen) atoms. The van der Waals surface area contributed by atoms with Crippen LogP contribution >= 0.6 is 0 Å². The van der Waals surface area contributed by atoms with E-state index in [9.17, 15) is 9.59 Å². The molecule has 0 aromatic heterocycles. The Labute approximate surface area is 112 Å². The number of carboxylic acids is 1. The van der Waals surface area contributed by atoms with E-state index in [1.165, 1.54) is 4.90 Å². The predicted molar refractivity (Wildman–Crippen MR) is 69.7 cm³/mol. The molecule has 1 N–H and O–H groups in total. The summed E-state index contributed by atoms with van der Waals surface area (Å²) < 4.78 is 8.16. The quantitative estimate of drug-likeness (QED) is 0.912. The van der Waals surface area contributed by atoms with Gasteiger partial charge in [-0.25, -0.2) is 4.79 Å². The van der Waals surface area contributed by atoms with Crippen LogP contribution in [-0.4, -0.2) is 34.5 Å². The molecule has 2 heterocycles. The molecule has 98 valence electrons. The second kappa shape index (κ2) is 4.58. The summed E-state index contributed by atoms with van der Waals surface area (Å²) in [5.41, 5.74) is 1.88. The molecule has 0 saturated carbocycles. The molecule has 1 aromatic carbocycles. The number of aliphatic carboxylic acids is 1. The fraction of sp³-hybridized carbons (Fsp3) is 0.333. The number of rotatable bonds is 2. The maximum absolute atomic E-state index is 12.3. The number of carbonyl (C=O) groups excluding carboxylic acids is 1. The molecular formula is C12H11N3O3S. The first kappa shape index (κ1) is 12.0. The van der Waals surface area contributed by atoms with Gasteiger partial charge in [-0.1, -0.05) is 0 Å². The van der Waals surface area contributed by atoms with Gasteiger partial charge in [-0.2, -0.15) is 8.73 Å². The lowest BCUT2D eigenvalue weighted by atomic mass is 10.1. The summed E-state index contributed by atoms with van der Waals surface area (Å²) in [5.74, 6) is -1.19. The maximum Gasteiger partial charge on any atom is 0.326 e.